The van der Waals surface area contributed by atoms with Crippen LogP contribution >= 0.6 is 0 Å². The van der Waals surface area contributed by atoms with Gasteiger partial charge in [-0.2, -0.15) is 0 Å². The summed E-state index contributed by atoms with van der Waals surface area (Å²) in [5.41, 5.74) is 1.94. The van der Waals surface area contributed by atoms with Crippen LogP contribution in [0, 0.1) is 28.6 Å². The van der Waals surface area contributed by atoms with Gasteiger partial charge < -0.3 is 9.47 Å². The molecule has 0 N–H and O–H groups in total. The minimum atomic E-state index is -0.942. The largest absolute Gasteiger partial charge is 0.501 e. The first-order valence-electron chi connectivity index (χ1n) is 11.2. The second-order valence-electron chi connectivity index (χ2n) is 10.5. The molecule has 4 rings (SSSR count). The Bertz CT molecular complexity index is 808. The molecule has 6 atom stereocenters. The number of allylic oxidation sites excluding steroid dienone is 4. The molecule has 4 nitrogen and oxygen atoms in total. The van der Waals surface area contributed by atoms with Crippen molar-refractivity contribution >= 4 is 11.8 Å². The van der Waals surface area contributed by atoms with Crippen molar-refractivity contribution < 1.29 is 19.1 Å². The van der Waals surface area contributed by atoms with E-state index in [1.54, 1.807) is 14.0 Å². The lowest BCUT2D eigenvalue weighted by Gasteiger charge is -2.59. The summed E-state index contributed by atoms with van der Waals surface area (Å²) in [6, 6.07) is 0. The summed E-state index contributed by atoms with van der Waals surface area (Å²) >= 11 is 0. The highest BCUT2D eigenvalue weighted by Gasteiger charge is 2.67. The molecule has 4 aliphatic rings. The molecular weight excluding hydrogens is 364 g/mol. The average Bonchev–Trinajstić information content (AvgIpc) is 2.95. The topological polar surface area (TPSA) is 52.6 Å². The van der Waals surface area contributed by atoms with Crippen LogP contribution in [0.3, 0.4) is 0 Å². The Morgan fingerprint density at radius 2 is 1.76 bits per heavy atom. The van der Waals surface area contributed by atoms with Crippen molar-refractivity contribution in [1.29, 1.82) is 0 Å². The van der Waals surface area contributed by atoms with Crippen molar-refractivity contribution in [2.45, 2.75) is 85.2 Å². The third-order valence-corrected chi connectivity index (χ3v) is 9.34. The Kier molecular flexibility index (Phi) is 4.79. The van der Waals surface area contributed by atoms with Gasteiger partial charge in [0.05, 0.1) is 12.9 Å². The third kappa shape index (κ3) is 2.70. The summed E-state index contributed by atoms with van der Waals surface area (Å²) in [6.07, 6.45) is 9.21. The Hall–Kier alpha value is -1.58. The number of carbonyl (C=O) groups excluding carboxylic acids is 2. The normalized spacial score (nSPS) is 43.7. The molecule has 0 aromatic carbocycles. The number of ether oxygens (including phenoxy) is 2. The number of methoxy groups -OCH3 is 1. The lowest BCUT2D eigenvalue weighted by atomic mass is 9.46. The summed E-state index contributed by atoms with van der Waals surface area (Å²) in [4.78, 5) is 24.8. The Morgan fingerprint density at radius 3 is 2.38 bits per heavy atom. The second kappa shape index (κ2) is 6.72. The number of ketones is 1. The summed E-state index contributed by atoms with van der Waals surface area (Å²) in [5, 5.41) is 0. The molecule has 0 bridgehead atoms. The quantitative estimate of drug-likeness (QED) is 0.598. The maximum atomic E-state index is 12.8. The fourth-order valence-electron chi connectivity index (χ4n) is 7.96. The van der Waals surface area contributed by atoms with Gasteiger partial charge in [0.1, 0.15) is 0 Å². The zero-order valence-electron chi connectivity index (χ0n) is 18.9. The zero-order chi connectivity index (χ0) is 21.2. The van der Waals surface area contributed by atoms with Gasteiger partial charge in [0.25, 0.3) is 0 Å². The third-order valence-electron chi connectivity index (χ3n) is 9.34. The van der Waals surface area contributed by atoms with Gasteiger partial charge in [0.2, 0.25) is 0 Å². The average molecular weight is 401 g/mol. The predicted molar refractivity (Wildman–Crippen MR) is 112 cm³/mol. The van der Waals surface area contributed by atoms with Crippen LogP contribution in [-0.2, 0) is 19.1 Å². The van der Waals surface area contributed by atoms with Crippen LogP contribution in [0.1, 0.15) is 79.6 Å². The van der Waals surface area contributed by atoms with Crippen LogP contribution in [0.2, 0.25) is 0 Å². The van der Waals surface area contributed by atoms with Crippen LogP contribution in [0.25, 0.3) is 0 Å². The molecule has 4 heteroatoms. The highest BCUT2D eigenvalue weighted by molar-refractivity contribution is 5.89. The van der Waals surface area contributed by atoms with E-state index >= 15 is 0 Å². The van der Waals surface area contributed by atoms with Gasteiger partial charge in [-0.05, 0) is 87.2 Å². The Morgan fingerprint density at radius 1 is 1.07 bits per heavy atom. The van der Waals surface area contributed by atoms with Crippen LogP contribution in [0.5, 0.6) is 0 Å². The second-order valence-corrected chi connectivity index (χ2v) is 10.5. The number of Topliss-reactive ketones (excluding diaryl/α,β-unsaturated/α-hetero) is 1. The molecule has 6 unspecified atom stereocenters. The molecule has 2 fully saturated rings. The van der Waals surface area contributed by atoms with E-state index in [4.69, 9.17) is 9.47 Å². The molecule has 0 spiro atoms. The van der Waals surface area contributed by atoms with Crippen LogP contribution in [-0.4, -0.2) is 24.5 Å². The number of esters is 1. The van der Waals surface area contributed by atoms with E-state index in [1.165, 1.54) is 18.1 Å². The molecular formula is C25H36O4. The summed E-state index contributed by atoms with van der Waals surface area (Å²) in [6.45, 7) is 10.0. The molecule has 0 saturated heterocycles. The summed E-state index contributed by atoms with van der Waals surface area (Å²) < 4.78 is 11.5. The van der Waals surface area contributed by atoms with Gasteiger partial charge in [0, 0.05) is 18.8 Å². The fourth-order valence-corrected chi connectivity index (χ4v) is 7.96. The molecule has 29 heavy (non-hydrogen) atoms. The first kappa shape index (κ1) is 20.7. The number of fused-ring (bicyclic) bond motifs is 5. The van der Waals surface area contributed by atoms with E-state index in [1.807, 2.05) is 0 Å². The predicted octanol–water partition coefficient (Wildman–Crippen LogP) is 5.37. The maximum Gasteiger partial charge on any atom is 0.303 e. The van der Waals surface area contributed by atoms with Crippen molar-refractivity contribution in [3.05, 3.63) is 23.0 Å². The van der Waals surface area contributed by atoms with E-state index in [0.717, 1.165) is 44.3 Å². The fraction of sp³-hybridized carbons (Fsp3) is 0.760. The molecule has 160 valence electrons. The van der Waals surface area contributed by atoms with Crippen molar-refractivity contribution in [2.75, 3.05) is 7.11 Å². The van der Waals surface area contributed by atoms with E-state index < -0.39 is 5.60 Å². The van der Waals surface area contributed by atoms with E-state index in [2.05, 4.69) is 26.8 Å². The molecule has 0 aromatic rings. The highest BCUT2D eigenvalue weighted by atomic mass is 16.6. The lowest BCUT2D eigenvalue weighted by molar-refractivity contribution is -0.186. The molecule has 0 aliphatic heterocycles. The molecule has 0 aromatic heterocycles. The highest BCUT2D eigenvalue weighted by Crippen LogP contribution is 2.68. The van der Waals surface area contributed by atoms with Crippen LogP contribution in [0.4, 0.5) is 0 Å². The number of hydrogen-bond donors (Lipinski definition) is 0. The standard InChI is InChI=1S/C25H36O4/c1-15-13-19-20(23(4)10-7-18(28-6)14-22(15)23)8-11-24(5)21(19)9-12-25(24,16(2)26)29-17(3)27/h14,19-21H,7-13H2,1-6H3. The van der Waals surface area contributed by atoms with Crippen LogP contribution in [0.15, 0.2) is 23.0 Å². The molecule has 0 heterocycles. The van der Waals surface area contributed by atoms with E-state index in [0.29, 0.717) is 24.2 Å². The Balaban J connectivity index is 1.75. The van der Waals surface area contributed by atoms with Crippen molar-refractivity contribution in [3.63, 3.8) is 0 Å². The van der Waals surface area contributed by atoms with Gasteiger partial charge >= 0.3 is 5.97 Å². The monoisotopic (exact) mass is 400 g/mol. The number of carbonyl (C=O) groups is 2. The first-order chi connectivity index (χ1) is 13.6. The number of hydrogen-bond acceptors (Lipinski definition) is 4. The molecule has 0 radical (unpaired) electrons. The summed E-state index contributed by atoms with van der Waals surface area (Å²) in [7, 11) is 1.77. The van der Waals surface area contributed by atoms with Gasteiger partial charge in [-0.15, -0.1) is 0 Å². The van der Waals surface area contributed by atoms with E-state index in [-0.39, 0.29) is 22.6 Å². The van der Waals surface area contributed by atoms with Gasteiger partial charge in [-0.25, -0.2) is 0 Å². The number of rotatable bonds is 3. The van der Waals surface area contributed by atoms with Crippen molar-refractivity contribution in [3.8, 4) is 0 Å². The van der Waals surface area contributed by atoms with Crippen LogP contribution < -0.4 is 0 Å². The Labute approximate surface area is 175 Å². The van der Waals surface area contributed by atoms with Gasteiger partial charge in [-0.3, -0.25) is 9.59 Å². The van der Waals surface area contributed by atoms with Gasteiger partial charge in [-0.1, -0.05) is 19.4 Å². The zero-order valence-corrected chi connectivity index (χ0v) is 18.9. The van der Waals surface area contributed by atoms with E-state index in [9.17, 15) is 9.59 Å². The SMILES string of the molecule is COC1=CC2=C(C)CC3C(CCC4(C)C3CCC4(OC(C)=O)C(C)=O)C2(C)CC1. The first-order valence-corrected chi connectivity index (χ1v) is 11.2. The molecule has 4 aliphatic carbocycles. The minimum Gasteiger partial charge on any atom is -0.501 e. The maximum absolute atomic E-state index is 12.8. The molecule has 2 saturated carbocycles. The van der Waals surface area contributed by atoms with Crippen molar-refractivity contribution in [1.82, 2.24) is 0 Å². The molecule has 0 amide bonds. The van der Waals surface area contributed by atoms with Gasteiger partial charge in [0.15, 0.2) is 11.4 Å². The summed E-state index contributed by atoms with van der Waals surface area (Å²) in [5.74, 6) is 2.39. The smallest absolute Gasteiger partial charge is 0.303 e. The minimum absolute atomic E-state index is 0.0245. The van der Waals surface area contributed by atoms with Crippen molar-refractivity contribution in [2.24, 2.45) is 28.6 Å². The lowest BCUT2D eigenvalue weighted by Crippen LogP contribution is -2.58.